The van der Waals surface area contributed by atoms with Crippen LogP contribution < -0.4 is 10.0 Å². The van der Waals surface area contributed by atoms with Crippen LogP contribution in [0.4, 0.5) is 0 Å². The molecule has 0 saturated heterocycles. The quantitative estimate of drug-likeness (QED) is 0.694. The third-order valence-corrected chi connectivity index (χ3v) is 4.75. The molecule has 0 bridgehead atoms. The van der Waals surface area contributed by atoms with Crippen molar-refractivity contribution in [1.29, 1.82) is 0 Å². The first kappa shape index (κ1) is 15.7. The zero-order chi connectivity index (χ0) is 15.6. The largest absolute Gasteiger partial charge is 0.314 e. The first-order valence-corrected chi connectivity index (χ1v) is 8.00. The van der Waals surface area contributed by atoms with Crippen molar-refractivity contribution in [3.8, 4) is 0 Å². The molecule has 0 atom stereocenters. The molecule has 9 heteroatoms. The molecule has 2 aromatic rings. The predicted octanol–water partition coefficient (Wildman–Crippen LogP) is -0.0421. The molecule has 0 unspecified atom stereocenters. The van der Waals surface area contributed by atoms with Crippen molar-refractivity contribution >= 4 is 10.0 Å². The summed E-state index contributed by atoms with van der Waals surface area (Å²) in [5, 5.41) is 13.8. The molecule has 2 aromatic heterocycles. The normalized spacial score (nSPS) is 12.0. The molecule has 0 aliphatic carbocycles. The van der Waals surface area contributed by atoms with Gasteiger partial charge in [-0.2, -0.15) is 10.2 Å². The third-order valence-electron chi connectivity index (χ3n) is 3.14. The highest BCUT2D eigenvalue weighted by Crippen LogP contribution is 2.18. The van der Waals surface area contributed by atoms with Gasteiger partial charge in [0.1, 0.15) is 4.90 Å². The molecule has 2 heterocycles. The second-order valence-corrected chi connectivity index (χ2v) is 6.60. The lowest BCUT2D eigenvalue weighted by molar-refractivity contribution is 0.578. The first-order valence-electron chi connectivity index (χ1n) is 6.52. The molecule has 0 aliphatic heterocycles. The summed E-state index contributed by atoms with van der Waals surface area (Å²) in [6.07, 6.45) is 1.80. The second-order valence-electron chi connectivity index (χ2n) is 4.89. The maximum atomic E-state index is 12.5. The summed E-state index contributed by atoms with van der Waals surface area (Å²) in [5.74, 6) is 0. The van der Waals surface area contributed by atoms with Crippen LogP contribution in [-0.2, 0) is 30.2 Å². The summed E-state index contributed by atoms with van der Waals surface area (Å²) in [6.45, 7) is 4.12. The highest BCUT2D eigenvalue weighted by Gasteiger charge is 2.24. The summed E-state index contributed by atoms with van der Waals surface area (Å²) < 4.78 is 29.2. The number of H-pyrrole nitrogens is 1. The highest BCUT2D eigenvalue weighted by atomic mass is 32.2. The van der Waals surface area contributed by atoms with Crippen molar-refractivity contribution in [2.24, 2.45) is 7.05 Å². The van der Waals surface area contributed by atoms with Crippen LogP contribution in [0.5, 0.6) is 0 Å². The molecule has 0 amide bonds. The van der Waals surface area contributed by atoms with Crippen LogP contribution in [0.3, 0.4) is 0 Å². The van der Waals surface area contributed by atoms with E-state index >= 15 is 0 Å². The molecule has 0 fully saturated rings. The SMILES string of the molecule is CNCc1n[nH]c(C)c1S(=O)(=O)NCc1cn(C)nc1C. The maximum absolute atomic E-state index is 12.5. The van der Waals surface area contributed by atoms with Gasteiger partial charge in [-0.15, -0.1) is 0 Å². The molecule has 2 rings (SSSR count). The molecule has 116 valence electrons. The maximum Gasteiger partial charge on any atom is 0.244 e. The summed E-state index contributed by atoms with van der Waals surface area (Å²) in [7, 11) is -0.0822. The third kappa shape index (κ3) is 3.31. The second kappa shape index (κ2) is 5.96. The van der Waals surface area contributed by atoms with Crippen molar-refractivity contribution in [3.63, 3.8) is 0 Å². The predicted molar refractivity (Wildman–Crippen MR) is 78.1 cm³/mol. The number of nitrogens with zero attached hydrogens (tertiary/aromatic N) is 3. The van der Waals surface area contributed by atoms with Crippen molar-refractivity contribution in [3.05, 3.63) is 28.8 Å². The molecule has 0 radical (unpaired) electrons. The van der Waals surface area contributed by atoms with E-state index in [1.54, 1.807) is 31.9 Å². The van der Waals surface area contributed by atoms with Gasteiger partial charge in [-0.3, -0.25) is 9.78 Å². The molecule has 0 saturated carbocycles. The van der Waals surface area contributed by atoms with Gasteiger partial charge in [-0.05, 0) is 20.9 Å². The standard InChI is InChI=1S/C12H20N6O2S/c1-8-10(7-18(4)17-8)5-14-21(19,20)12-9(2)15-16-11(12)6-13-3/h7,13-14H,5-6H2,1-4H3,(H,15,16). The van der Waals surface area contributed by atoms with Gasteiger partial charge < -0.3 is 5.32 Å². The van der Waals surface area contributed by atoms with E-state index in [4.69, 9.17) is 0 Å². The van der Waals surface area contributed by atoms with Crippen molar-refractivity contribution in [2.45, 2.75) is 31.8 Å². The number of aryl methyl sites for hydroxylation is 3. The van der Waals surface area contributed by atoms with Crippen LogP contribution in [0, 0.1) is 13.8 Å². The molecule has 0 aliphatic rings. The van der Waals surface area contributed by atoms with Gasteiger partial charge in [0.25, 0.3) is 0 Å². The summed E-state index contributed by atoms with van der Waals surface area (Å²) in [4.78, 5) is 0.207. The summed E-state index contributed by atoms with van der Waals surface area (Å²) >= 11 is 0. The Morgan fingerprint density at radius 3 is 2.62 bits per heavy atom. The summed E-state index contributed by atoms with van der Waals surface area (Å²) in [6, 6.07) is 0. The molecular formula is C12H20N6O2S. The van der Waals surface area contributed by atoms with Gasteiger partial charge in [0.2, 0.25) is 10.0 Å². The average Bonchev–Trinajstić information content (AvgIpc) is 2.91. The van der Waals surface area contributed by atoms with E-state index in [2.05, 4.69) is 25.3 Å². The number of sulfonamides is 1. The average molecular weight is 312 g/mol. The fourth-order valence-corrected chi connectivity index (χ4v) is 3.55. The lowest BCUT2D eigenvalue weighted by Gasteiger charge is -2.07. The van der Waals surface area contributed by atoms with Crippen molar-refractivity contribution in [2.75, 3.05) is 7.05 Å². The molecular weight excluding hydrogens is 292 g/mol. The molecule has 0 spiro atoms. The van der Waals surface area contributed by atoms with Gasteiger partial charge in [0.15, 0.2) is 0 Å². The monoisotopic (exact) mass is 312 g/mol. The first-order chi connectivity index (χ1) is 9.85. The van der Waals surface area contributed by atoms with Gasteiger partial charge >= 0.3 is 0 Å². The van der Waals surface area contributed by atoms with Gasteiger partial charge in [0, 0.05) is 31.9 Å². The van der Waals surface area contributed by atoms with E-state index < -0.39 is 10.0 Å². The minimum absolute atomic E-state index is 0.200. The van der Waals surface area contributed by atoms with Crippen LogP contribution in [0.25, 0.3) is 0 Å². The molecule has 8 nitrogen and oxygen atoms in total. The number of hydrogen-bond donors (Lipinski definition) is 3. The fraction of sp³-hybridized carbons (Fsp3) is 0.500. The zero-order valence-corrected chi connectivity index (χ0v) is 13.4. The minimum atomic E-state index is -3.63. The van der Waals surface area contributed by atoms with E-state index in [1.807, 2.05) is 6.92 Å². The van der Waals surface area contributed by atoms with Crippen LogP contribution in [0.2, 0.25) is 0 Å². The topological polar surface area (TPSA) is 105 Å². The van der Waals surface area contributed by atoms with Crippen LogP contribution in [0.1, 0.15) is 22.6 Å². The van der Waals surface area contributed by atoms with E-state index in [0.29, 0.717) is 17.9 Å². The number of rotatable bonds is 6. The van der Waals surface area contributed by atoms with Gasteiger partial charge in [0.05, 0.1) is 17.1 Å². The van der Waals surface area contributed by atoms with E-state index in [1.165, 1.54) is 0 Å². The van der Waals surface area contributed by atoms with E-state index in [-0.39, 0.29) is 11.4 Å². The Hall–Kier alpha value is -1.71. The van der Waals surface area contributed by atoms with Crippen LogP contribution in [0.15, 0.2) is 11.1 Å². The van der Waals surface area contributed by atoms with Crippen molar-refractivity contribution in [1.82, 2.24) is 30.0 Å². The Balaban J connectivity index is 2.23. The van der Waals surface area contributed by atoms with Gasteiger partial charge in [-0.1, -0.05) is 0 Å². The van der Waals surface area contributed by atoms with Gasteiger partial charge in [-0.25, -0.2) is 13.1 Å². The van der Waals surface area contributed by atoms with E-state index in [9.17, 15) is 8.42 Å². The zero-order valence-electron chi connectivity index (χ0n) is 12.6. The Morgan fingerprint density at radius 1 is 1.33 bits per heavy atom. The Morgan fingerprint density at radius 2 is 2.05 bits per heavy atom. The van der Waals surface area contributed by atoms with E-state index in [0.717, 1.165) is 11.3 Å². The van der Waals surface area contributed by atoms with Crippen LogP contribution >= 0.6 is 0 Å². The summed E-state index contributed by atoms with van der Waals surface area (Å²) in [5.41, 5.74) is 2.65. The lowest BCUT2D eigenvalue weighted by atomic mass is 10.3. The Kier molecular flexibility index (Phi) is 4.45. The number of nitrogens with one attached hydrogen (secondary N) is 3. The number of aromatic nitrogens is 4. The number of hydrogen-bond acceptors (Lipinski definition) is 5. The fourth-order valence-electron chi connectivity index (χ4n) is 2.18. The molecule has 3 N–H and O–H groups in total. The van der Waals surface area contributed by atoms with Crippen LogP contribution in [-0.4, -0.2) is 35.4 Å². The lowest BCUT2D eigenvalue weighted by Crippen LogP contribution is -2.25. The minimum Gasteiger partial charge on any atom is -0.314 e. The smallest absolute Gasteiger partial charge is 0.244 e. The van der Waals surface area contributed by atoms with Crippen molar-refractivity contribution < 1.29 is 8.42 Å². The molecule has 0 aromatic carbocycles. The Labute approximate surface area is 124 Å². The molecule has 21 heavy (non-hydrogen) atoms. The highest BCUT2D eigenvalue weighted by molar-refractivity contribution is 7.89. The Bertz CT molecular complexity index is 731. The number of aromatic amines is 1.